The van der Waals surface area contributed by atoms with Gasteiger partial charge in [-0.3, -0.25) is 0 Å². The average molecular weight is 226 g/mol. The summed E-state index contributed by atoms with van der Waals surface area (Å²) in [6, 6.07) is 3.27. The van der Waals surface area contributed by atoms with Gasteiger partial charge < -0.3 is 14.8 Å². The summed E-state index contributed by atoms with van der Waals surface area (Å²) in [4.78, 5) is 3.80. The number of nitrogens with zero attached hydrogens (tertiary/aromatic N) is 1. The van der Waals surface area contributed by atoms with Crippen LogP contribution in [0.15, 0.2) is 18.3 Å². The lowest BCUT2D eigenvalue weighted by atomic mass is 10.3. The lowest BCUT2D eigenvalue weighted by Crippen LogP contribution is -2.32. The minimum Gasteiger partial charge on any atom is -0.474 e. The SMILES string of the molecule is Fc1cccnc1OCCNC1CCOC1. The monoisotopic (exact) mass is 226 g/mol. The maximum atomic E-state index is 13.1. The molecule has 1 aromatic rings. The van der Waals surface area contributed by atoms with E-state index in [9.17, 15) is 4.39 Å². The molecule has 0 saturated carbocycles. The molecule has 0 amide bonds. The highest BCUT2D eigenvalue weighted by Crippen LogP contribution is 2.10. The first-order valence-electron chi connectivity index (χ1n) is 5.41. The van der Waals surface area contributed by atoms with Gasteiger partial charge in [-0.2, -0.15) is 0 Å². The fourth-order valence-electron chi connectivity index (χ4n) is 1.58. The number of aromatic nitrogens is 1. The Bertz CT molecular complexity index is 330. The van der Waals surface area contributed by atoms with Crippen LogP contribution < -0.4 is 10.1 Å². The van der Waals surface area contributed by atoms with E-state index >= 15 is 0 Å². The second-order valence-corrected chi connectivity index (χ2v) is 3.65. The first-order valence-corrected chi connectivity index (χ1v) is 5.41. The number of nitrogens with one attached hydrogen (secondary N) is 1. The van der Waals surface area contributed by atoms with Crippen molar-refractivity contribution in [2.75, 3.05) is 26.4 Å². The average Bonchev–Trinajstić information content (AvgIpc) is 2.79. The van der Waals surface area contributed by atoms with Crippen LogP contribution in [0, 0.1) is 5.82 Å². The van der Waals surface area contributed by atoms with Gasteiger partial charge in [-0.25, -0.2) is 9.37 Å². The smallest absolute Gasteiger partial charge is 0.250 e. The maximum Gasteiger partial charge on any atom is 0.250 e. The van der Waals surface area contributed by atoms with Crippen LogP contribution in [0.25, 0.3) is 0 Å². The Balaban J connectivity index is 1.66. The highest BCUT2D eigenvalue weighted by Gasteiger charge is 2.14. The molecule has 1 unspecified atom stereocenters. The zero-order valence-corrected chi connectivity index (χ0v) is 8.99. The number of hydrogen-bond acceptors (Lipinski definition) is 4. The zero-order valence-electron chi connectivity index (χ0n) is 8.99. The molecule has 2 rings (SSSR count). The summed E-state index contributed by atoms with van der Waals surface area (Å²) in [5, 5.41) is 3.27. The molecule has 0 aromatic carbocycles. The van der Waals surface area contributed by atoms with E-state index in [1.807, 2.05) is 0 Å². The van der Waals surface area contributed by atoms with Gasteiger partial charge in [0.05, 0.1) is 6.61 Å². The molecule has 0 bridgehead atoms. The van der Waals surface area contributed by atoms with Crippen molar-refractivity contribution in [3.05, 3.63) is 24.1 Å². The Labute approximate surface area is 93.8 Å². The Morgan fingerprint density at radius 1 is 1.62 bits per heavy atom. The summed E-state index contributed by atoms with van der Waals surface area (Å²) < 4.78 is 23.5. The molecule has 1 fully saturated rings. The van der Waals surface area contributed by atoms with Crippen LogP contribution in [0.5, 0.6) is 5.88 Å². The molecule has 1 aliphatic rings. The lowest BCUT2D eigenvalue weighted by molar-refractivity contribution is 0.188. The van der Waals surface area contributed by atoms with E-state index in [0.717, 1.165) is 19.6 Å². The van der Waals surface area contributed by atoms with E-state index in [1.165, 1.54) is 18.3 Å². The predicted molar refractivity (Wildman–Crippen MR) is 56.9 cm³/mol. The number of halogens is 1. The van der Waals surface area contributed by atoms with Crippen LogP contribution in [0.4, 0.5) is 4.39 Å². The standard InChI is InChI=1S/C11H15FN2O2/c12-10-2-1-4-14-11(10)16-7-5-13-9-3-6-15-8-9/h1-2,4,9,13H,3,5-8H2. The number of pyridine rings is 1. The molecule has 5 heteroatoms. The second-order valence-electron chi connectivity index (χ2n) is 3.65. The minimum absolute atomic E-state index is 0.0620. The first-order chi connectivity index (χ1) is 7.86. The third-order valence-electron chi connectivity index (χ3n) is 2.43. The van der Waals surface area contributed by atoms with Gasteiger partial charge in [-0.05, 0) is 18.6 Å². The van der Waals surface area contributed by atoms with E-state index in [4.69, 9.17) is 9.47 Å². The molecule has 2 heterocycles. The molecule has 1 atom stereocenters. The van der Waals surface area contributed by atoms with Crippen molar-refractivity contribution in [3.8, 4) is 5.88 Å². The molecular formula is C11H15FN2O2. The quantitative estimate of drug-likeness (QED) is 0.760. The van der Waals surface area contributed by atoms with Crippen LogP contribution in [-0.2, 0) is 4.74 Å². The maximum absolute atomic E-state index is 13.1. The van der Waals surface area contributed by atoms with Crippen molar-refractivity contribution in [2.45, 2.75) is 12.5 Å². The topological polar surface area (TPSA) is 43.4 Å². The fourth-order valence-corrected chi connectivity index (χ4v) is 1.58. The molecule has 1 saturated heterocycles. The number of rotatable bonds is 5. The molecule has 0 radical (unpaired) electrons. The summed E-state index contributed by atoms with van der Waals surface area (Å²) >= 11 is 0. The molecule has 88 valence electrons. The van der Waals surface area contributed by atoms with Crippen molar-refractivity contribution >= 4 is 0 Å². The van der Waals surface area contributed by atoms with Crippen molar-refractivity contribution in [2.24, 2.45) is 0 Å². The highest BCUT2D eigenvalue weighted by molar-refractivity contribution is 5.12. The molecule has 0 spiro atoms. The van der Waals surface area contributed by atoms with Gasteiger partial charge in [0, 0.05) is 25.4 Å². The van der Waals surface area contributed by atoms with E-state index < -0.39 is 5.82 Å². The number of ether oxygens (including phenoxy) is 2. The summed E-state index contributed by atoms with van der Waals surface area (Å²) in [5.74, 6) is -0.362. The first kappa shape index (κ1) is 11.3. The van der Waals surface area contributed by atoms with Crippen LogP contribution in [0.2, 0.25) is 0 Å². The van der Waals surface area contributed by atoms with E-state index in [1.54, 1.807) is 0 Å². The van der Waals surface area contributed by atoms with Gasteiger partial charge in [-0.1, -0.05) is 0 Å². The molecule has 1 N–H and O–H groups in total. The summed E-state index contributed by atoms with van der Waals surface area (Å²) in [5.41, 5.74) is 0. The van der Waals surface area contributed by atoms with Crippen molar-refractivity contribution in [1.29, 1.82) is 0 Å². The van der Waals surface area contributed by atoms with Crippen LogP contribution in [-0.4, -0.2) is 37.4 Å². The molecular weight excluding hydrogens is 211 g/mol. The normalized spacial score (nSPS) is 19.9. The van der Waals surface area contributed by atoms with Gasteiger partial charge in [0.15, 0.2) is 5.82 Å². The Morgan fingerprint density at radius 2 is 2.56 bits per heavy atom. The van der Waals surface area contributed by atoms with E-state index in [2.05, 4.69) is 10.3 Å². The van der Waals surface area contributed by atoms with Gasteiger partial charge in [0.1, 0.15) is 6.61 Å². The summed E-state index contributed by atoms with van der Waals surface area (Å²) in [7, 11) is 0. The van der Waals surface area contributed by atoms with Crippen molar-refractivity contribution in [1.82, 2.24) is 10.3 Å². The third kappa shape index (κ3) is 3.15. The highest BCUT2D eigenvalue weighted by atomic mass is 19.1. The summed E-state index contributed by atoms with van der Waals surface area (Å²) in [6.45, 7) is 2.64. The van der Waals surface area contributed by atoms with Crippen molar-refractivity contribution < 1.29 is 13.9 Å². The Kier molecular flexibility index (Phi) is 4.07. The molecule has 4 nitrogen and oxygen atoms in total. The van der Waals surface area contributed by atoms with Crippen LogP contribution >= 0.6 is 0 Å². The molecule has 0 aliphatic carbocycles. The van der Waals surface area contributed by atoms with Gasteiger partial charge in [-0.15, -0.1) is 0 Å². The van der Waals surface area contributed by atoms with E-state index in [-0.39, 0.29) is 5.88 Å². The van der Waals surface area contributed by atoms with Gasteiger partial charge in [0.2, 0.25) is 5.88 Å². The number of hydrogen-bond donors (Lipinski definition) is 1. The fraction of sp³-hybridized carbons (Fsp3) is 0.545. The zero-order chi connectivity index (χ0) is 11.2. The largest absolute Gasteiger partial charge is 0.474 e. The van der Waals surface area contributed by atoms with Crippen LogP contribution in [0.1, 0.15) is 6.42 Å². The second kappa shape index (κ2) is 5.77. The van der Waals surface area contributed by atoms with E-state index in [0.29, 0.717) is 19.2 Å². The molecule has 1 aliphatic heterocycles. The minimum atomic E-state index is -0.424. The van der Waals surface area contributed by atoms with Crippen LogP contribution in [0.3, 0.4) is 0 Å². The Hall–Kier alpha value is -1.20. The molecule has 1 aromatic heterocycles. The Morgan fingerprint density at radius 3 is 3.31 bits per heavy atom. The third-order valence-corrected chi connectivity index (χ3v) is 2.43. The summed E-state index contributed by atoms with van der Waals surface area (Å²) in [6.07, 6.45) is 2.54. The lowest BCUT2D eigenvalue weighted by Gasteiger charge is -2.10. The predicted octanol–water partition coefficient (Wildman–Crippen LogP) is 0.978. The molecule has 16 heavy (non-hydrogen) atoms. The van der Waals surface area contributed by atoms with Gasteiger partial charge in [0.25, 0.3) is 0 Å². The van der Waals surface area contributed by atoms with Gasteiger partial charge >= 0.3 is 0 Å². The van der Waals surface area contributed by atoms with Crippen molar-refractivity contribution in [3.63, 3.8) is 0 Å².